The lowest BCUT2D eigenvalue weighted by molar-refractivity contribution is 0.290. The lowest BCUT2D eigenvalue weighted by atomic mass is 10.2. The number of anilines is 1. The predicted molar refractivity (Wildman–Crippen MR) is 94.1 cm³/mol. The summed E-state index contributed by atoms with van der Waals surface area (Å²) < 4.78 is 19.3. The van der Waals surface area contributed by atoms with Gasteiger partial charge in [0.25, 0.3) is 0 Å². The minimum absolute atomic E-state index is 0.274. The van der Waals surface area contributed by atoms with Gasteiger partial charge in [0.15, 0.2) is 11.6 Å². The number of hydrogen-bond acceptors (Lipinski definition) is 5. The van der Waals surface area contributed by atoms with Gasteiger partial charge < -0.3 is 4.74 Å². The topological polar surface area (TPSA) is 46.5 Å². The molecule has 0 saturated heterocycles. The number of aromatic nitrogens is 1. The molecular weight excluding hydrogens is 313 g/mol. The van der Waals surface area contributed by atoms with E-state index in [1.165, 1.54) is 30.2 Å². The highest BCUT2D eigenvalue weighted by atomic mass is 32.1. The van der Waals surface area contributed by atoms with Gasteiger partial charge in [-0.3, -0.25) is 5.43 Å². The molecule has 0 saturated carbocycles. The normalized spacial score (nSPS) is 11.1. The van der Waals surface area contributed by atoms with E-state index in [-0.39, 0.29) is 11.6 Å². The van der Waals surface area contributed by atoms with E-state index in [1.54, 1.807) is 18.3 Å². The van der Waals surface area contributed by atoms with Gasteiger partial charge in [0, 0.05) is 5.38 Å². The highest BCUT2D eigenvalue weighted by molar-refractivity contribution is 7.13. The van der Waals surface area contributed by atoms with Gasteiger partial charge >= 0.3 is 0 Å². The van der Waals surface area contributed by atoms with Gasteiger partial charge in [-0.05, 0) is 31.0 Å². The Kier molecular flexibility index (Phi) is 7.00. The van der Waals surface area contributed by atoms with Crippen LogP contribution in [0.25, 0.3) is 0 Å². The number of nitrogens with zero attached hydrogens (tertiary/aromatic N) is 2. The second kappa shape index (κ2) is 9.25. The van der Waals surface area contributed by atoms with E-state index >= 15 is 0 Å². The maximum atomic E-state index is 13.7. The van der Waals surface area contributed by atoms with Crippen molar-refractivity contribution in [2.75, 3.05) is 12.0 Å². The van der Waals surface area contributed by atoms with E-state index in [4.69, 9.17) is 4.74 Å². The Morgan fingerprint density at radius 3 is 2.96 bits per heavy atom. The first-order valence-corrected chi connectivity index (χ1v) is 8.70. The Morgan fingerprint density at radius 2 is 2.22 bits per heavy atom. The molecule has 0 radical (unpaired) electrons. The molecule has 124 valence electrons. The molecule has 0 aliphatic carbocycles. The maximum absolute atomic E-state index is 13.7. The number of unbranched alkanes of at least 4 members (excludes halogenated alkanes) is 3. The van der Waals surface area contributed by atoms with Crippen molar-refractivity contribution < 1.29 is 9.13 Å². The van der Waals surface area contributed by atoms with E-state index in [0.717, 1.165) is 29.2 Å². The number of nitrogens with one attached hydrogen (secondary N) is 1. The fraction of sp³-hybridized carbons (Fsp3) is 0.412. The molecule has 0 atom stereocenters. The molecule has 1 aromatic heterocycles. The molecule has 2 aromatic rings. The molecule has 1 aromatic carbocycles. The number of ether oxygens (including phenoxy) is 1. The SMILES string of the molecule is CCCCCCOc1cc(C=NNc2nc(C)cs2)ccc1F. The van der Waals surface area contributed by atoms with Crippen LogP contribution in [0.4, 0.5) is 9.52 Å². The van der Waals surface area contributed by atoms with Crippen molar-refractivity contribution in [2.24, 2.45) is 5.10 Å². The molecule has 1 N–H and O–H groups in total. The lowest BCUT2D eigenvalue weighted by Crippen LogP contribution is -2.00. The molecule has 1 heterocycles. The van der Waals surface area contributed by atoms with E-state index in [9.17, 15) is 4.39 Å². The van der Waals surface area contributed by atoms with Crippen molar-refractivity contribution in [1.82, 2.24) is 4.98 Å². The van der Waals surface area contributed by atoms with Crippen LogP contribution in [0.15, 0.2) is 28.7 Å². The van der Waals surface area contributed by atoms with E-state index in [2.05, 4.69) is 22.4 Å². The largest absolute Gasteiger partial charge is 0.490 e. The summed E-state index contributed by atoms with van der Waals surface area (Å²) in [6.07, 6.45) is 6.03. The molecule has 0 spiro atoms. The van der Waals surface area contributed by atoms with Gasteiger partial charge in [0.2, 0.25) is 5.13 Å². The van der Waals surface area contributed by atoms with Crippen LogP contribution in [0.2, 0.25) is 0 Å². The van der Waals surface area contributed by atoms with Gasteiger partial charge in [-0.15, -0.1) is 11.3 Å². The van der Waals surface area contributed by atoms with Gasteiger partial charge in [0.1, 0.15) is 0 Å². The summed E-state index contributed by atoms with van der Waals surface area (Å²) in [5.41, 5.74) is 4.58. The van der Waals surface area contributed by atoms with Crippen molar-refractivity contribution in [3.05, 3.63) is 40.7 Å². The minimum Gasteiger partial charge on any atom is -0.490 e. The molecule has 0 unspecified atom stereocenters. The molecular formula is C17H22FN3OS. The molecule has 2 rings (SSSR count). The van der Waals surface area contributed by atoms with Crippen LogP contribution in [0.5, 0.6) is 5.75 Å². The predicted octanol–water partition coefficient (Wildman–Crippen LogP) is 5.00. The Morgan fingerprint density at radius 1 is 1.35 bits per heavy atom. The summed E-state index contributed by atoms with van der Waals surface area (Å²) in [4.78, 5) is 4.25. The first-order chi connectivity index (χ1) is 11.2. The van der Waals surface area contributed by atoms with E-state index < -0.39 is 0 Å². The first kappa shape index (κ1) is 17.4. The van der Waals surface area contributed by atoms with Crippen LogP contribution in [0, 0.1) is 12.7 Å². The number of rotatable bonds is 9. The Bertz CT molecular complexity index is 643. The van der Waals surface area contributed by atoms with Crippen LogP contribution < -0.4 is 10.2 Å². The Hall–Kier alpha value is -1.95. The maximum Gasteiger partial charge on any atom is 0.203 e. The molecule has 4 nitrogen and oxygen atoms in total. The number of halogens is 1. The zero-order valence-corrected chi connectivity index (χ0v) is 14.3. The number of thiazole rings is 1. The van der Waals surface area contributed by atoms with Crippen molar-refractivity contribution in [1.29, 1.82) is 0 Å². The third-order valence-corrected chi connectivity index (χ3v) is 4.07. The Balaban J connectivity index is 1.88. The second-order valence-electron chi connectivity index (χ2n) is 5.26. The molecule has 0 aliphatic rings. The van der Waals surface area contributed by atoms with Gasteiger partial charge in [-0.2, -0.15) is 5.10 Å². The van der Waals surface area contributed by atoms with Crippen LogP contribution >= 0.6 is 11.3 Å². The quantitative estimate of drug-likeness (QED) is 0.399. The first-order valence-electron chi connectivity index (χ1n) is 7.82. The average Bonchev–Trinajstić information content (AvgIpc) is 2.95. The zero-order chi connectivity index (χ0) is 16.5. The molecule has 23 heavy (non-hydrogen) atoms. The van der Waals surface area contributed by atoms with Gasteiger partial charge in [0.05, 0.1) is 18.5 Å². The monoisotopic (exact) mass is 335 g/mol. The number of aryl methyl sites for hydroxylation is 1. The van der Waals surface area contributed by atoms with Crippen molar-refractivity contribution in [3.63, 3.8) is 0 Å². The summed E-state index contributed by atoms with van der Waals surface area (Å²) in [6.45, 7) is 4.62. The standard InChI is InChI=1S/C17H22FN3OS/c1-3-4-5-6-9-22-16-10-14(7-8-15(16)18)11-19-21-17-20-13(2)12-23-17/h7-8,10-12H,3-6,9H2,1-2H3,(H,20,21). The van der Waals surface area contributed by atoms with E-state index in [1.807, 2.05) is 12.3 Å². The molecule has 6 heteroatoms. The fourth-order valence-electron chi connectivity index (χ4n) is 1.99. The van der Waals surface area contributed by atoms with Crippen LogP contribution in [0.3, 0.4) is 0 Å². The molecule has 0 aliphatic heterocycles. The van der Waals surface area contributed by atoms with Crippen molar-refractivity contribution in [2.45, 2.75) is 39.5 Å². The summed E-state index contributed by atoms with van der Waals surface area (Å²) in [5.74, 6) is -0.0725. The fourth-order valence-corrected chi connectivity index (χ4v) is 2.63. The van der Waals surface area contributed by atoms with Crippen LogP contribution in [-0.4, -0.2) is 17.8 Å². The molecule has 0 amide bonds. The van der Waals surface area contributed by atoms with E-state index in [0.29, 0.717) is 6.61 Å². The van der Waals surface area contributed by atoms with Crippen molar-refractivity contribution >= 4 is 22.7 Å². The highest BCUT2D eigenvalue weighted by Crippen LogP contribution is 2.19. The third-order valence-electron chi connectivity index (χ3n) is 3.20. The van der Waals surface area contributed by atoms with Gasteiger partial charge in [-0.25, -0.2) is 9.37 Å². The molecule has 0 fully saturated rings. The minimum atomic E-state index is -0.346. The van der Waals surface area contributed by atoms with Crippen LogP contribution in [-0.2, 0) is 0 Å². The van der Waals surface area contributed by atoms with Gasteiger partial charge in [-0.1, -0.05) is 32.3 Å². The number of hydrazone groups is 1. The molecule has 0 bridgehead atoms. The summed E-state index contributed by atoms with van der Waals surface area (Å²) in [6, 6.07) is 4.72. The number of benzene rings is 1. The van der Waals surface area contributed by atoms with Crippen LogP contribution in [0.1, 0.15) is 43.9 Å². The highest BCUT2D eigenvalue weighted by Gasteiger charge is 2.04. The zero-order valence-electron chi connectivity index (χ0n) is 13.5. The summed E-state index contributed by atoms with van der Waals surface area (Å²) in [5, 5.41) is 6.79. The third kappa shape index (κ3) is 5.98. The average molecular weight is 335 g/mol. The second-order valence-corrected chi connectivity index (χ2v) is 6.12. The van der Waals surface area contributed by atoms with Crippen molar-refractivity contribution in [3.8, 4) is 5.75 Å². The smallest absolute Gasteiger partial charge is 0.203 e. The summed E-state index contributed by atoms with van der Waals surface area (Å²) in [7, 11) is 0. The lowest BCUT2D eigenvalue weighted by Gasteiger charge is -2.07. The number of hydrogen-bond donors (Lipinski definition) is 1. The summed E-state index contributed by atoms with van der Waals surface area (Å²) >= 11 is 1.49. The Labute approximate surface area is 140 Å².